The quantitative estimate of drug-likeness (QED) is 0.0440. The summed E-state index contributed by atoms with van der Waals surface area (Å²) in [5.41, 5.74) is 0.333. The van der Waals surface area contributed by atoms with Gasteiger partial charge in [-0.3, -0.25) is 15.4 Å². The van der Waals surface area contributed by atoms with Gasteiger partial charge in [0.25, 0.3) is 0 Å². The Kier molecular flexibility index (Phi) is 21.1. The first-order valence-electron chi connectivity index (χ1n) is 16.7. The number of amides is 2. The Morgan fingerprint density at radius 3 is 1.66 bits per heavy atom. The molecule has 0 aliphatic carbocycles. The van der Waals surface area contributed by atoms with Crippen LogP contribution in [0.3, 0.4) is 0 Å². The van der Waals surface area contributed by atoms with Crippen molar-refractivity contribution in [3.63, 3.8) is 0 Å². The number of hydrogen-bond donors (Lipinski definition) is 7. The normalized spacial score (nSPS) is 10.7. The molecule has 3 aromatic carbocycles. The highest BCUT2D eigenvalue weighted by atomic mass is 35.5. The molecule has 0 unspecified atom stereocenters. The molecule has 0 bridgehead atoms. The summed E-state index contributed by atoms with van der Waals surface area (Å²) in [7, 11) is -3.66. The molecule has 3 rings (SSSR count). The predicted molar refractivity (Wildman–Crippen MR) is 202 cm³/mol. The molecule has 13 nitrogen and oxygen atoms in total. The summed E-state index contributed by atoms with van der Waals surface area (Å²) in [6.07, 6.45) is 7.12. The second-order valence-electron chi connectivity index (χ2n) is 11.6. The molecule has 0 fully saturated rings. The van der Waals surface area contributed by atoms with Crippen molar-refractivity contribution in [3.8, 4) is 23.0 Å². The van der Waals surface area contributed by atoms with Crippen molar-refractivity contribution in [2.45, 2.75) is 84.3 Å². The Labute approximate surface area is 318 Å². The molecule has 0 heterocycles. The number of carbonyl (C=O) groups is 2. The number of halogens is 4. The molecule has 2 amide bonds. The highest BCUT2D eigenvalue weighted by molar-refractivity contribution is 7.93. The average molecular weight is 811 g/mol. The van der Waals surface area contributed by atoms with Crippen molar-refractivity contribution in [1.82, 2.24) is 0 Å². The minimum atomic E-state index is -3.66. The van der Waals surface area contributed by atoms with Crippen molar-refractivity contribution >= 4 is 62.5 Å². The molecule has 0 spiro atoms. The molecule has 53 heavy (non-hydrogen) atoms. The third-order valence-corrected chi connectivity index (χ3v) is 9.18. The highest BCUT2D eigenvalue weighted by Gasteiger charge is 2.18. The van der Waals surface area contributed by atoms with Crippen LogP contribution in [-0.4, -0.2) is 59.5 Å². The van der Waals surface area contributed by atoms with E-state index < -0.39 is 44.8 Å². The first-order valence-corrected chi connectivity index (χ1v) is 19.0. The number of phenolic OH excluding ortho intramolecular Hbond substituents is 4. The number of unbranched alkanes of at least 4 members (excludes halogenated alkanes) is 6. The zero-order chi connectivity index (χ0) is 40.1. The van der Waals surface area contributed by atoms with Crippen LogP contribution in [0.2, 0.25) is 10.0 Å². The standard InChI is InChI=1S/C13H17Cl2NO3.C13H19NO4.C9H11F2NO3S/c1-2-3-4-5-6-19-13(18)16-9-7-10(14)12(17)11(15)8-9;1-2-3-4-5-8-18-13(17)14-11-7-6-10(15)9-12(11)16;1-5(2)16(14,15)12-6-3-7(10)9(13)8(11)4-6/h7-8,17H,2-6H2,1H3,(H,16,18);6-7,9,15-16H,2-5,8H2,1H3,(H,14,17);3-5,12-13H,1-2H3. The summed E-state index contributed by atoms with van der Waals surface area (Å²) in [5, 5.41) is 41.1. The van der Waals surface area contributed by atoms with Crippen LogP contribution in [0.15, 0.2) is 42.5 Å². The van der Waals surface area contributed by atoms with E-state index in [0.717, 1.165) is 57.4 Å². The zero-order valence-corrected chi connectivity index (χ0v) is 32.2. The highest BCUT2D eigenvalue weighted by Crippen LogP contribution is 2.34. The van der Waals surface area contributed by atoms with Crippen LogP contribution in [0.25, 0.3) is 0 Å². The molecule has 0 aromatic heterocycles. The average Bonchev–Trinajstić information content (AvgIpc) is 3.07. The molecule has 0 radical (unpaired) electrons. The fourth-order valence-electron chi connectivity index (χ4n) is 3.86. The van der Waals surface area contributed by atoms with Crippen LogP contribution >= 0.6 is 23.2 Å². The lowest BCUT2D eigenvalue weighted by atomic mass is 10.2. The van der Waals surface area contributed by atoms with Crippen molar-refractivity contribution in [1.29, 1.82) is 0 Å². The molecule has 296 valence electrons. The predicted octanol–water partition coefficient (Wildman–Crippen LogP) is 9.87. The number of benzene rings is 3. The van der Waals surface area contributed by atoms with Crippen molar-refractivity contribution in [2.75, 3.05) is 28.6 Å². The second kappa shape index (κ2) is 24.0. The van der Waals surface area contributed by atoms with Crippen LogP contribution < -0.4 is 15.4 Å². The lowest BCUT2D eigenvalue weighted by Gasteiger charge is -2.11. The van der Waals surface area contributed by atoms with Gasteiger partial charge in [-0.1, -0.05) is 75.6 Å². The fraction of sp³-hybridized carbons (Fsp3) is 0.429. The molecule has 0 atom stereocenters. The van der Waals surface area contributed by atoms with E-state index in [1.165, 1.54) is 38.1 Å². The molecule has 18 heteroatoms. The number of aromatic hydroxyl groups is 4. The van der Waals surface area contributed by atoms with Gasteiger partial charge in [0.05, 0.1) is 39.9 Å². The van der Waals surface area contributed by atoms with Crippen molar-refractivity contribution < 1.29 is 56.7 Å². The number of rotatable bonds is 15. The molecule has 0 aliphatic rings. The third-order valence-electron chi connectivity index (χ3n) is 6.84. The fourth-order valence-corrected chi connectivity index (χ4v) is 5.03. The first-order chi connectivity index (χ1) is 24.9. The topological polar surface area (TPSA) is 204 Å². The van der Waals surface area contributed by atoms with E-state index in [2.05, 4.69) is 24.5 Å². The van der Waals surface area contributed by atoms with Gasteiger partial charge in [0.2, 0.25) is 10.0 Å². The maximum atomic E-state index is 12.9. The molecule has 0 aliphatic heterocycles. The number of carbonyl (C=O) groups excluding carboxylic acids is 2. The van der Waals surface area contributed by atoms with Crippen LogP contribution in [0.1, 0.15) is 79.1 Å². The first kappa shape index (κ1) is 46.6. The number of phenols is 4. The number of hydrogen-bond acceptors (Lipinski definition) is 10. The van der Waals surface area contributed by atoms with Gasteiger partial charge in [-0.05, 0) is 51.0 Å². The smallest absolute Gasteiger partial charge is 0.411 e. The Morgan fingerprint density at radius 2 is 1.21 bits per heavy atom. The summed E-state index contributed by atoms with van der Waals surface area (Å²) in [5.74, 6) is -4.04. The largest absolute Gasteiger partial charge is 0.508 e. The molecule has 3 aromatic rings. The van der Waals surface area contributed by atoms with Gasteiger partial charge in [-0.25, -0.2) is 26.8 Å². The van der Waals surface area contributed by atoms with E-state index in [-0.39, 0.29) is 38.7 Å². The number of ether oxygens (including phenoxy) is 2. The number of nitrogens with one attached hydrogen (secondary N) is 3. The second-order valence-corrected chi connectivity index (χ2v) is 14.7. The minimum absolute atomic E-state index is 0.0639. The van der Waals surface area contributed by atoms with Gasteiger partial charge in [0.1, 0.15) is 11.5 Å². The maximum Gasteiger partial charge on any atom is 0.411 e. The Balaban J connectivity index is 0.000000399. The third kappa shape index (κ3) is 18.3. The van der Waals surface area contributed by atoms with E-state index in [9.17, 15) is 37.0 Å². The molecular weight excluding hydrogens is 763 g/mol. The lowest BCUT2D eigenvalue weighted by Crippen LogP contribution is -2.22. The van der Waals surface area contributed by atoms with Gasteiger partial charge >= 0.3 is 12.2 Å². The lowest BCUT2D eigenvalue weighted by molar-refractivity contribution is 0.158. The number of sulfonamides is 1. The van der Waals surface area contributed by atoms with Gasteiger partial charge in [0.15, 0.2) is 23.1 Å². The van der Waals surface area contributed by atoms with E-state index in [0.29, 0.717) is 31.0 Å². The van der Waals surface area contributed by atoms with Crippen LogP contribution in [0, 0.1) is 11.6 Å². The van der Waals surface area contributed by atoms with Crippen molar-refractivity contribution in [3.05, 3.63) is 64.1 Å². The SMILES string of the molecule is CC(C)S(=O)(=O)Nc1cc(F)c(O)c(F)c1.CCCCCCOC(=O)Nc1cc(Cl)c(O)c(Cl)c1.CCCCCCOC(=O)Nc1ccc(O)cc1O. The summed E-state index contributed by atoms with van der Waals surface area (Å²) >= 11 is 11.5. The Morgan fingerprint density at radius 1 is 0.717 bits per heavy atom. The van der Waals surface area contributed by atoms with Gasteiger partial charge < -0.3 is 29.9 Å². The van der Waals surface area contributed by atoms with Gasteiger partial charge in [0, 0.05) is 23.9 Å². The van der Waals surface area contributed by atoms with Crippen LogP contribution in [0.5, 0.6) is 23.0 Å². The molecule has 0 saturated heterocycles. The van der Waals surface area contributed by atoms with Gasteiger partial charge in [-0.15, -0.1) is 0 Å². The van der Waals surface area contributed by atoms with E-state index in [1.807, 2.05) is 4.72 Å². The van der Waals surface area contributed by atoms with Crippen LogP contribution in [-0.2, 0) is 19.5 Å². The van der Waals surface area contributed by atoms with Crippen molar-refractivity contribution in [2.24, 2.45) is 0 Å². The summed E-state index contributed by atoms with van der Waals surface area (Å²) in [6, 6.07) is 8.15. The zero-order valence-electron chi connectivity index (χ0n) is 29.8. The van der Waals surface area contributed by atoms with E-state index in [1.54, 1.807) is 0 Å². The minimum Gasteiger partial charge on any atom is -0.508 e. The molecular formula is C35H47Cl2F2N3O10S. The Hall–Kier alpha value is -4.41. The van der Waals surface area contributed by atoms with Gasteiger partial charge in [-0.2, -0.15) is 0 Å². The summed E-state index contributed by atoms with van der Waals surface area (Å²) in [4.78, 5) is 22.8. The summed E-state index contributed by atoms with van der Waals surface area (Å²) in [6.45, 7) is 7.83. The molecule has 7 N–H and O–H groups in total. The van der Waals surface area contributed by atoms with Crippen LogP contribution in [0.4, 0.5) is 35.4 Å². The van der Waals surface area contributed by atoms with E-state index in [4.69, 9.17) is 42.9 Å². The summed E-state index contributed by atoms with van der Waals surface area (Å²) < 4.78 is 60.5. The Bertz CT molecular complexity index is 1690. The number of anilines is 3. The molecule has 0 saturated carbocycles. The monoisotopic (exact) mass is 809 g/mol. The maximum absolute atomic E-state index is 12.9. The van der Waals surface area contributed by atoms with E-state index >= 15 is 0 Å².